The third-order valence-corrected chi connectivity index (χ3v) is 4.08. The molecule has 1 aromatic heterocycles. The first-order valence-electron chi connectivity index (χ1n) is 7.37. The number of aromatic nitrogens is 2. The first kappa shape index (κ1) is 16.4. The van der Waals surface area contributed by atoms with Crippen LogP contribution in [-0.2, 0) is 6.54 Å². The minimum Gasteiger partial charge on any atom is -0.307 e. The van der Waals surface area contributed by atoms with E-state index in [9.17, 15) is 9.18 Å². The molecule has 0 aliphatic heterocycles. The molecule has 1 N–H and O–H groups in total. The van der Waals surface area contributed by atoms with E-state index in [2.05, 4.69) is 26.3 Å². The van der Waals surface area contributed by atoms with E-state index in [4.69, 9.17) is 0 Å². The second-order valence-corrected chi connectivity index (χ2v) is 6.35. The molecule has 1 amide bonds. The monoisotopic (exact) mass is 387 g/mol. The molecule has 0 fully saturated rings. The van der Waals surface area contributed by atoms with Gasteiger partial charge in [0.15, 0.2) is 0 Å². The molecule has 0 saturated heterocycles. The summed E-state index contributed by atoms with van der Waals surface area (Å²) in [5.41, 5.74) is 2.22. The van der Waals surface area contributed by atoms with Crippen LogP contribution < -0.4 is 5.32 Å². The molecule has 2 aromatic carbocycles. The van der Waals surface area contributed by atoms with Crippen molar-refractivity contribution in [2.75, 3.05) is 5.32 Å². The minimum absolute atomic E-state index is 0.0209. The van der Waals surface area contributed by atoms with Crippen molar-refractivity contribution in [3.63, 3.8) is 0 Å². The molecule has 0 atom stereocenters. The Bertz CT molecular complexity index is 874. The number of aryl methyl sites for hydroxylation is 1. The van der Waals surface area contributed by atoms with Crippen molar-refractivity contribution in [2.45, 2.75) is 13.5 Å². The second-order valence-electron chi connectivity index (χ2n) is 5.44. The van der Waals surface area contributed by atoms with E-state index in [0.29, 0.717) is 16.8 Å². The number of halogens is 2. The van der Waals surface area contributed by atoms with Crippen LogP contribution in [0.25, 0.3) is 0 Å². The van der Waals surface area contributed by atoms with E-state index < -0.39 is 11.7 Å². The number of nitrogens with one attached hydrogen (secondary N) is 1. The summed E-state index contributed by atoms with van der Waals surface area (Å²) in [5, 5.41) is 6.93. The molecule has 122 valence electrons. The molecule has 24 heavy (non-hydrogen) atoms. The molecular weight excluding hydrogens is 373 g/mol. The molecule has 0 bridgehead atoms. The molecule has 1 heterocycles. The Labute approximate surface area is 147 Å². The summed E-state index contributed by atoms with van der Waals surface area (Å²) in [6.45, 7) is 2.54. The van der Waals surface area contributed by atoms with Gasteiger partial charge in [0.05, 0.1) is 18.3 Å². The quantitative estimate of drug-likeness (QED) is 0.721. The Morgan fingerprint density at radius 1 is 1.21 bits per heavy atom. The largest absolute Gasteiger partial charge is 0.307 e. The third-order valence-electron chi connectivity index (χ3n) is 3.58. The fourth-order valence-corrected chi connectivity index (χ4v) is 2.65. The summed E-state index contributed by atoms with van der Waals surface area (Å²) in [6, 6.07) is 14.0. The maximum atomic E-state index is 13.8. The molecule has 0 spiro atoms. The van der Waals surface area contributed by atoms with Crippen LogP contribution in [-0.4, -0.2) is 15.7 Å². The zero-order valence-electron chi connectivity index (χ0n) is 13.0. The van der Waals surface area contributed by atoms with Crippen molar-refractivity contribution >= 4 is 27.7 Å². The van der Waals surface area contributed by atoms with E-state index in [0.717, 1.165) is 5.56 Å². The summed E-state index contributed by atoms with van der Waals surface area (Å²) in [5.74, 6) is -0.570. The minimum atomic E-state index is -0.569. The molecule has 0 radical (unpaired) electrons. The third kappa shape index (κ3) is 3.71. The first-order valence-corrected chi connectivity index (χ1v) is 8.16. The standard InChI is InChI=1S/C18H15BrFN3O/c1-12-2-4-13(5-3-12)11-23-17(8-9-21-23)22-18(24)15-10-14(19)6-7-16(15)20/h2-10H,11H2,1H3,(H,22,24). The van der Waals surface area contributed by atoms with Gasteiger partial charge in [0, 0.05) is 10.5 Å². The molecular formula is C18H15BrFN3O. The maximum Gasteiger partial charge on any atom is 0.259 e. The highest BCUT2D eigenvalue weighted by molar-refractivity contribution is 9.10. The predicted molar refractivity (Wildman–Crippen MR) is 94.6 cm³/mol. The number of hydrogen-bond acceptors (Lipinski definition) is 2. The highest BCUT2D eigenvalue weighted by Crippen LogP contribution is 2.18. The summed E-state index contributed by atoms with van der Waals surface area (Å²) >= 11 is 3.24. The normalized spacial score (nSPS) is 10.6. The SMILES string of the molecule is Cc1ccc(Cn2nccc2NC(=O)c2cc(Br)ccc2F)cc1. The van der Waals surface area contributed by atoms with Crippen molar-refractivity contribution in [3.05, 3.63) is 81.7 Å². The fraction of sp³-hybridized carbons (Fsp3) is 0.111. The molecule has 3 rings (SSSR count). The number of anilines is 1. The second kappa shape index (κ2) is 6.97. The van der Waals surface area contributed by atoms with E-state index in [1.54, 1.807) is 23.0 Å². The van der Waals surface area contributed by atoms with Gasteiger partial charge in [-0.15, -0.1) is 0 Å². The van der Waals surface area contributed by atoms with Gasteiger partial charge in [-0.05, 0) is 30.7 Å². The Kier molecular flexibility index (Phi) is 4.76. The van der Waals surface area contributed by atoms with Crippen LogP contribution in [0.15, 0.2) is 59.2 Å². The van der Waals surface area contributed by atoms with Crippen LogP contribution >= 0.6 is 15.9 Å². The van der Waals surface area contributed by atoms with Crippen molar-refractivity contribution in [1.82, 2.24) is 9.78 Å². The van der Waals surface area contributed by atoms with Crippen LogP contribution in [0.3, 0.4) is 0 Å². The number of nitrogens with zero attached hydrogens (tertiary/aromatic N) is 2. The summed E-state index contributed by atoms with van der Waals surface area (Å²) in [4.78, 5) is 12.3. The molecule has 4 nitrogen and oxygen atoms in total. The highest BCUT2D eigenvalue weighted by Gasteiger charge is 2.14. The van der Waals surface area contributed by atoms with Gasteiger partial charge in [0.25, 0.3) is 5.91 Å². The van der Waals surface area contributed by atoms with Crippen molar-refractivity contribution < 1.29 is 9.18 Å². The number of hydrogen-bond donors (Lipinski definition) is 1. The Morgan fingerprint density at radius 2 is 1.96 bits per heavy atom. The van der Waals surface area contributed by atoms with E-state index in [1.807, 2.05) is 31.2 Å². The average molecular weight is 388 g/mol. The summed E-state index contributed by atoms with van der Waals surface area (Å²) in [7, 11) is 0. The number of rotatable bonds is 4. The number of carbonyl (C=O) groups excluding carboxylic acids is 1. The highest BCUT2D eigenvalue weighted by atomic mass is 79.9. The van der Waals surface area contributed by atoms with Crippen molar-refractivity contribution in [1.29, 1.82) is 0 Å². The van der Waals surface area contributed by atoms with Crippen LogP contribution in [0.4, 0.5) is 10.2 Å². The first-order chi connectivity index (χ1) is 11.5. The molecule has 0 unspecified atom stereocenters. The van der Waals surface area contributed by atoms with Gasteiger partial charge < -0.3 is 5.32 Å². The van der Waals surface area contributed by atoms with Gasteiger partial charge in [-0.25, -0.2) is 9.07 Å². The van der Waals surface area contributed by atoms with Crippen LogP contribution in [0.5, 0.6) is 0 Å². The van der Waals surface area contributed by atoms with Gasteiger partial charge in [-0.3, -0.25) is 4.79 Å². The zero-order valence-corrected chi connectivity index (χ0v) is 14.5. The molecule has 0 aliphatic carbocycles. The lowest BCUT2D eigenvalue weighted by Crippen LogP contribution is -2.17. The van der Waals surface area contributed by atoms with Gasteiger partial charge in [-0.2, -0.15) is 5.10 Å². The lowest BCUT2D eigenvalue weighted by Gasteiger charge is -2.10. The number of benzene rings is 2. The van der Waals surface area contributed by atoms with Crippen molar-refractivity contribution in [3.8, 4) is 0 Å². The Hall–Kier alpha value is -2.47. The van der Waals surface area contributed by atoms with Gasteiger partial charge in [0.2, 0.25) is 0 Å². The van der Waals surface area contributed by atoms with E-state index >= 15 is 0 Å². The fourth-order valence-electron chi connectivity index (χ4n) is 2.29. The molecule has 3 aromatic rings. The molecule has 6 heteroatoms. The Balaban J connectivity index is 1.79. The molecule has 0 aliphatic rings. The molecule has 0 saturated carbocycles. The van der Waals surface area contributed by atoms with E-state index in [1.165, 1.54) is 17.7 Å². The van der Waals surface area contributed by atoms with Gasteiger partial charge >= 0.3 is 0 Å². The number of carbonyl (C=O) groups is 1. The average Bonchev–Trinajstić information content (AvgIpc) is 2.98. The number of amides is 1. The van der Waals surface area contributed by atoms with Gasteiger partial charge in [-0.1, -0.05) is 45.8 Å². The Morgan fingerprint density at radius 3 is 2.71 bits per heavy atom. The van der Waals surface area contributed by atoms with Gasteiger partial charge in [0.1, 0.15) is 11.6 Å². The van der Waals surface area contributed by atoms with Crippen LogP contribution in [0, 0.1) is 12.7 Å². The topological polar surface area (TPSA) is 46.9 Å². The summed E-state index contributed by atoms with van der Waals surface area (Å²) in [6.07, 6.45) is 1.60. The summed E-state index contributed by atoms with van der Waals surface area (Å²) < 4.78 is 16.1. The predicted octanol–water partition coefficient (Wildman–Crippen LogP) is 4.39. The lowest BCUT2D eigenvalue weighted by molar-refractivity contribution is 0.102. The van der Waals surface area contributed by atoms with E-state index in [-0.39, 0.29) is 5.56 Å². The van der Waals surface area contributed by atoms with Crippen LogP contribution in [0.2, 0.25) is 0 Å². The van der Waals surface area contributed by atoms with Crippen LogP contribution in [0.1, 0.15) is 21.5 Å². The van der Waals surface area contributed by atoms with Crippen molar-refractivity contribution in [2.24, 2.45) is 0 Å². The smallest absolute Gasteiger partial charge is 0.259 e. The lowest BCUT2D eigenvalue weighted by atomic mass is 10.1. The zero-order chi connectivity index (χ0) is 17.1. The maximum absolute atomic E-state index is 13.8.